The van der Waals surface area contributed by atoms with E-state index in [1.165, 1.54) is 0 Å². The van der Waals surface area contributed by atoms with E-state index in [0.29, 0.717) is 18.1 Å². The highest BCUT2D eigenvalue weighted by molar-refractivity contribution is 9.10. The number of nitrogens with one attached hydrogen (secondary N) is 1. The maximum atomic E-state index is 7.44. The molecule has 2 aromatic rings. The molecule has 5 heteroatoms. The van der Waals surface area contributed by atoms with Gasteiger partial charge in [-0.25, -0.2) is 4.98 Å². The number of benzene rings is 1. The van der Waals surface area contributed by atoms with Crippen molar-refractivity contribution in [3.05, 3.63) is 58.2 Å². The van der Waals surface area contributed by atoms with Gasteiger partial charge in [0.25, 0.3) is 0 Å². The summed E-state index contributed by atoms with van der Waals surface area (Å²) in [7, 11) is 0. The molecule has 0 aliphatic rings. The largest absolute Gasteiger partial charge is 0.472 e. The topological polar surface area (TPSA) is 72.0 Å². The van der Waals surface area contributed by atoms with Crippen LogP contribution in [0.2, 0.25) is 0 Å². The van der Waals surface area contributed by atoms with Crippen LogP contribution in [0.25, 0.3) is 0 Å². The Labute approximate surface area is 113 Å². The number of amidine groups is 1. The number of ether oxygens (including phenoxy) is 1. The van der Waals surface area contributed by atoms with Crippen LogP contribution in [0.3, 0.4) is 0 Å². The monoisotopic (exact) mass is 305 g/mol. The van der Waals surface area contributed by atoms with Crippen molar-refractivity contribution in [2.24, 2.45) is 5.73 Å². The minimum absolute atomic E-state index is 0.0473. The number of hydrogen-bond donors (Lipinski definition) is 2. The molecule has 2 rings (SSSR count). The molecule has 0 radical (unpaired) electrons. The number of nitrogen functional groups attached to an aromatic ring is 1. The summed E-state index contributed by atoms with van der Waals surface area (Å²) in [5.41, 5.74) is 7.00. The number of halogens is 1. The first-order valence-electron chi connectivity index (χ1n) is 5.33. The van der Waals surface area contributed by atoms with Gasteiger partial charge in [-0.15, -0.1) is 0 Å². The standard InChI is InChI=1S/C13H12BrN3O/c14-10-5-3-9(4-6-10)8-18-13-11(12(15)16)2-1-7-17-13/h1-7H,8H2,(H3,15,16). The van der Waals surface area contributed by atoms with Crippen molar-refractivity contribution in [3.8, 4) is 5.88 Å². The summed E-state index contributed by atoms with van der Waals surface area (Å²) in [6.07, 6.45) is 1.61. The van der Waals surface area contributed by atoms with Gasteiger partial charge in [0.1, 0.15) is 12.4 Å². The van der Waals surface area contributed by atoms with E-state index < -0.39 is 0 Å². The number of nitrogens with two attached hydrogens (primary N) is 1. The van der Waals surface area contributed by atoms with E-state index in [4.69, 9.17) is 15.9 Å². The fraction of sp³-hybridized carbons (Fsp3) is 0.0769. The van der Waals surface area contributed by atoms with Crippen molar-refractivity contribution >= 4 is 21.8 Å². The molecule has 1 aromatic heterocycles. The molecule has 92 valence electrons. The van der Waals surface area contributed by atoms with Gasteiger partial charge in [-0.1, -0.05) is 28.1 Å². The van der Waals surface area contributed by atoms with Gasteiger partial charge in [-0.05, 0) is 29.8 Å². The van der Waals surface area contributed by atoms with Gasteiger partial charge < -0.3 is 10.5 Å². The maximum absolute atomic E-state index is 7.44. The van der Waals surface area contributed by atoms with Crippen LogP contribution in [0.5, 0.6) is 5.88 Å². The molecule has 0 bridgehead atoms. The molecule has 0 aliphatic carbocycles. The SMILES string of the molecule is N=C(N)c1cccnc1OCc1ccc(Br)cc1. The average molecular weight is 306 g/mol. The molecule has 0 unspecified atom stereocenters. The highest BCUT2D eigenvalue weighted by Gasteiger charge is 2.07. The summed E-state index contributed by atoms with van der Waals surface area (Å²) in [5.74, 6) is 0.335. The van der Waals surface area contributed by atoms with E-state index in [0.717, 1.165) is 10.0 Å². The summed E-state index contributed by atoms with van der Waals surface area (Å²) in [6, 6.07) is 11.3. The lowest BCUT2D eigenvalue weighted by Crippen LogP contribution is -2.13. The molecule has 1 aromatic carbocycles. The highest BCUT2D eigenvalue weighted by Crippen LogP contribution is 2.16. The number of rotatable bonds is 4. The second kappa shape index (κ2) is 5.64. The zero-order valence-corrected chi connectivity index (χ0v) is 11.1. The predicted octanol–water partition coefficient (Wildman–Crippen LogP) is 2.71. The minimum atomic E-state index is -0.0473. The van der Waals surface area contributed by atoms with Crippen LogP contribution in [0.4, 0.5) is 0 Å². The third-order valence-corrected chi connectivity index (χ3v) is 2.88. The van der Waals surface area contributed by atoms with Crippen LogP contribution in [-0.2, 0) is 6.61 Å². The smallest absolute Gasteiger partial charge is 0.224 e. The van der Waals surface area contributed by atoms with Crippen LogP contribution in [0, 0.1) is 5.41 Å². The van der Waals surface area contributed by atoms with E-state index in [9.17, 15) is 0 Å². The first kappa shape index (κ1) is 12.6. The molecule has 0 saturated carbocycles. The lowest BCUT2D eigenvalue weighted by atomic mass is 10.2. The van der Waals surface area contributed by atoms with Crippen LogP contribution in [0.1, 0.15) is 11.1 Å². The zero-order valence-electron chi connectivity index (χ0n) is 9.56. The van der Waals surface area contributed by atoms with Crippen molar-refractivity contribution in [1.82, 2.24) is 4.98 Å². The molecule has 1 heterocycles. The number of hydrogen-bond acceptors (Lipinski definition) is 3. The summed E-state index contributed by atoms with van der Waals surface area (Å²) >= 11 is 3.37. The summed E-state index contributed by atoms with van der Waals surface area (Å²) in [4.78, 5) is 4.08. The van der Waals surface area contributed by atoms with Gasteiger partial charge in [-0.3, -0.25) is 5.41 Å². The number of aromatic nitrogens is 1. The van der Waals surface area contributed by atoms with Gasteiger partial charge in [0.05, 0.1) is 5.56 Å². The van der Waals surface area contributed by atoms with Crippen molar-refractivity contribution in [2.75, 3.05) is 0 Å². The van der Waals surface area contributed by atoms with E-state index in [1.54, 1.807) is 18.3 Å². The zero-order chi connectivity index (χ0) is 13.0. The summed E-state index contributed by atoms with van der Waals surface area (Å²) < 4.78 is 6.60. The Balaban J connectivity index is 2.10. The van der Waals surface area contributed by atoms with E-state index >= 15 is 0 Å². The average Bonchev–Trinajstić information content (AvgIpc) is 2.38. The Bertz CT molecular complexity index is 554. The molecule has 0 amide bonds. The third kappa shape index (κ3) is 3.07. The molecule has 0 spiro atoms. The van der Waals surface area contributed by atoms with Crippen molar-refractivity contribution in [1.29, 1.82) is 5.41 Å². The Morgan fingerprint density at radius 3 is 2.67 bits per heavy atom. The quantitative estimate of drug-likeness (QED) is 0.674. The van der Waals surface area contributed by atoms with E-state index in [-0.39, 0.29) is 5.84 Å². The van der Waals surface area contributed by atoms with E-state index in [2.05, 4.69) is 20.9 Å². The first-order valence-corrected chi connectivity index (χ1v) is 6.13. The third-order valence-electron chi connectivity index (χ3n) is 2.35. The molecule has 0 aliphatic heterocycles. The van der Waals surface area contributed by atoms with Gasteiger partial charge in [-0.2, -0.15) is 0 Å². The molecule has 0 saturated heterocycles. The minimum Gasteiger partial charge on any atom is -0.472 e. The fourth-order valence-corrected chi connectivity index (χ4v) is 1.71. The second-order valence-corrected chi connectivity index (χ2v) is 4.60. The molecule has 0 fully saturated rings. The molecular formula is C13H12BrN3O. The fourth-order valence-electron chi connectivity index (χ4n) is 1.44. The Morgan fingerprint density at radius 2 is 2.00 bits per heavy atom. The second-order valence-electron chi connectivity index (χ2n) is 3.68. The molecule has 3 N–H and O–H groups in total. The van der Waals surface area contributed by atoms with Crippen molar-refractivity contribution in [3.63, 3.8) is 0 Å². The van der Waals surface area contributed by atoms with Gasteiger partial charge in [0.15, 0.2) is 0 Å². The lowest BCUT2D eigenvalue weighted by Gasteiger charge is -2.09. The predicted molar refractivity (Wildman–Crippen MR) is 73.7 cm³/mol. The maximum Gasteiger partial charge on any atom is 0.224 e. The summed E-state index contributed by atoms with van der Waals surface area (Å²) in [6.45, 7) is 0.393. The number of pyridine rings is 1. The highest BCUT2D eigenvalue weighted by atomic mass is 79.9. The first-order chi connectivity index (χ1) is 8.66. The van der Waals surface area contributed by atoms with Gasteiger partial charge in [0, 0.05) is 10.7 Å². The summed E-state index contributed by atoms with van der Waals surface area (Å²) in [5, 5.41) is 7.44. The molecule has 0 atom stereocenters. The van der Waals surface area contributed by atoms with Gasteiger partial charge >= 0.3 is 0 Å². The Hall–Kier alpha value is -1.88. The van der Waals surface area contributed by atoms with Crippen molar-refractivity contribution in [2.45, 2.75) is 6.61 Å². The molecule has 4 nitrogen and oxygen atoms in total. The Kier molecular flexibility index (Phi) is 3.94. The Morgan fingerprint density at radius 1 is 1.28 bits per heavy atom. The normalized spacial score (nSPS) is 10.1. The van der Waals surface area contributed by atoms with Crippen LogP contribution < -0.4 is 10.5 Å². The van der Waals surface area contributed by atoms with Crippen LogP contribution >= 0.6 is 15.9 Å². The molecule has 18 heavy (non-hydrogen) atoms. The van der Waals surface area contributed by atoms with E-state index in [1.807, 2.05) is 24.3 Å². The van der Waals surface area contributed by atoms with Crippen LogP contribution in [0.15, 0.2) is 47.1 Å². The molecular weight excluding hydrogens is 294 g/mol. The van der Waals surface area contributed by atoms with Gasteiger partial charge in [0.2, 0.25) is 5.88 Å². The lowest BCUT2D eigenvalue weighted by molar-refractivity contribution is 0.293. The van der Waals surface area contributed by atoms with Crippen LogP contribution in [-0.4, -0.2) is 10.8 Å². The van der Waals surface area contributed by atoms with Crippen molar-refractivity contribution < 1.29 is 4.74 Å². The number of nitrogens with zero attached hydrogens (tertiary/aromatic N) is 1.